The molecule has 1 rings (SSSR count). The van der Waals surface area contributed by atoms with E-state index in [1.807, 2.05) is 0 Å². The molecule has 0 aromatic carbocycles. The van der Waals surface area contributed by atoms with E-state index in [0.717, 1.165) is 11.8 Å². The summed E-state index contributed by atoms with van der Waals surface area (Å²) in [5, 5.41) is 0. The Bertz CT molecular complexity index is 132. The van der Waals surface area contributed by atoms with Crippen LogP contribution in [0.4, 0.5) is 0 Å². The summed E-state index contributed by atoms with van der Waals surface area (Å²) in [5.74, 6) is 1.74. The van der Waals surface area contributed by atoms with Gasteiger partial charge in [-0.05, 0) is 30.8 Å². The highest BCUT2D eigenvalue weighted by Crippen LogP contribution is 2.28. The molecule has 0 aromatic heterocycles. The quantitative estimate of drug-likeness (QED) is 0.486. The van der Waals surface area contributed by atoms with Gasteiger partial charge in [-0.3, -0.25) is 0 Å². The minimum atomic E-state index is 0.786. The van der Waals surface area contributed by atoms with Crippen LogP contribution in [0.2, 0.25) is 0 Å². The van der Waals surface area contributed by atoms with Crippen LogP contribution in [0, 0.1) is 11.8 Å². The number of rotatable bonds is 1. The van der Waals surface area contributed by atoms with Gasteiger partial charge in [-0.25, -0.2) is 0 Å². The Kier molecular flexibility index (Phi) is 2.77. The van der Waals surface area contributed by atoms with E-state index in [0.29, 0.717) is 0 Å². The predicted octanol–water partition coefficient (Wildman–Crippen LogP) is 3.15. The Labute approximate surface area is 63.6 Å². The molecular formula is C10H16. The molecule has 1 fully saturated rings. The van der Waals surface area contributed by atoms with E-state index in [-0.39, 0.29) is 0 Å². The third-order valence-corrected chi connectivity index (χ3v) is 2.41. The molecule has 1 aliphatic rings. The zero-order valence-corrected chi connectivity index (χ0v) is 6.77. The lowest BCUT2D eigenvalue weighted by Crippen LogP contribution is -2.09. The second kappa shape index (κ2) is 3.63. The molecule has 10 heavy (non-hydrogen) atoms. The van der Waals surface area contributed by atoms with Gasteiger partial charge in [0.15, 0.2) is 0 Å². The maximum Gasteiger partial charge on any atom is -0.0157 e. The molecule has 56 valence electrons. The van der Waals surface area contributed by atoms with E-state index in [1.165, 1.54) is 25.7 Å². The third kappa shape index (κ3) is 2.04. The maximum absolute atomic E-state index is 3.59. The lowest BCUT2D eigenvalue weighted by Gasteiger charge is -2.22. The number of hydrogen-bond donors (Lipinski definition) is 0. The molecule has 0 N–H and O–H groups in total. The lowest BCUT2D eigenvalue weighted by atomic mass is 9.83. The van der Waals surface area contributed by atoms with Crippen LogP contribution in [0.15, 0.2) is 18.4 Å². The SMILES string of the molecule is C=C=CC1CCC(C)CC1. The summed E-state index contributed by atoms with van der Waals surface area (Å²) in [7, 11) is 0. The average Bonchev–Trinajstić information content (AvgIpc) is 1.95. The molecule has 0 amide bonds. The Morgan fingerprint density at radius 2 is 1.90 bits per heavy atom. The molecule has 0 nitrogen and oxygen atoms in total. The van der Waals surface area contributed by atoms with Crippen molar-refractivity contribution >= 4 is 0 Å². The minimum Gasteiger partial charge on any atom is -0.133 e. The Hall–Kier alpha value is -0.480. The Morgan fingerprint density at radius 1 is 1.30 bits per heavy atom. The molecular weight excluding hydrogens is 120 g/mol. The average molecular weight is 136 g/mol. The molecule has 0 saturated heterocycles. The topological polar surface area (TPSA) is 0 Å². The predicted molar refractivity (Wildman–Crippen MR) is 44.8 cm³/mol. The summed E-state index contributed by atoms with van der Waals surface area (Å²) in [6.45, 7) is 5.93. The van der Waals surface area contributed by atoms with Crippen LogP contribution < -0.4 is 0 Å². The van der Waals surface area contributed by atoms with Crippen molar-refractivity contribution in [3.63, 3.8) is 0 Å². The largest absolute Gasteiger partial charge is 0.133 e. The molecule has 0 bridgehead atoms. The molecule has 0 heterocycles. The molecule has 0 atom stereocenters. The van der Waals surface area contributed by atoms with Crippen LogP contribution in [-0.2, 0) is 0 Å². The normalized spacial score (nSPS) is 32.9. The first kappa shape index (κ1) is 7.63. The van der Waals surface area contributed by atoms with Gasteiger partial charge >= 0.3 is 0 Å². The fourth-order valence-corrected chi connectivity index (χ4v) is 1.62. The molecule has 0 spiro atoms. The number of allylic oxidation sites excluding steroid dienone is 1. The first-order valence-electron chi connectivity index (χ1n) is 4.19. The lowest BCUT2D eigenvalue weighted by molar-refractivity contribution is 0.331. The second-order valence-corrected chi connectivity index (χ2v) is 3.39. The zero-order chi connectivity index (χ0) is 7.40. The van der Waals surface area contributed by atoms with Crippen molar-refractivity contribution in [1.82, 2.24) is 0 Å². The summed E-state index contributed by atoms with van der Waals surface area (Å²) < 4.78 is 0. The van der Waals surface area contributed by atoms with E-state index < -0.39 is 0 Å². The van der Waals surface area contributed by atoms with Crippen LogP contribution in [0.3, 0.4) is 0 Å². The molecule has 0 aromatic rings. The minimum absolute atomic E-state index is 0.786. The third-order valence-electron chi connectivity index (χ3n) is 2.41. The fourth-order valence-electron chi connectivity index (χ4n) is 1.62. The van der Waals surface area contributed by atoms with Gasteiger partial charge in [0, 0.05) is 0 Å². The summed E-state index contributed by atoms with van der Waals surface area (Å²) in [4.78, 5) is 0. The smallest absolute Gasteiger partial charge is 0.0157 e. The van der Waals surface area contributed by atoms with E-state index >= 15 is 0 Å². The van der Waals surface area contributed by atoms with E-state index in [9.17, 15) is 0 Å². The highest BCUT2D eigenvalue weighted by atomic mass is 14.2. The van der Waals surface area contributed by atoms with Gasteiger partial charge in [-0.2, -0.15) is 0 Å². The van der Waals surface area contributed by atoms with Crippen molar-refractivity contribution in [2.24, 2.45) is 11.8 Å². The molecule has 1 saturated carbocycles. The first-order valence-corrected chi connectivity index (χ1v) is 4.19. The summed E-state index contributed by atoms with van der Waals surface area (Å²) in [6.07, 6.45) is 7.62. The highest BCUT2D eigenvalue weighted by molar-refractivity contribution is 4.87. The molecule has 1 aliphatic carbocycles. The number of hydrogen-bond acceptors (Lipinski definition) is 0. The Morgan fingerprint density at radius 3 is 2.40 bits per heavy atom. The molecule has 0 aliphatic heterocycles. The van der Waals surface area contributed by atoms with Gasteiger partial charge in [0.2, 0.25) is 0 Å². The van der Waals surface area contributed by atoms with Crippen LogP contribution in [-0.4, -0.2) is 0 Å². The van der Waals surface area contributed by atoms with Crippen molar-refractivity contribution in [3.05, 3.63) is 18.4 Å². The maximum atomic E-state index is 3.59. The van der Waals surface area contributed by atoms with Crippen LogP contribution in [0.1, 0.15) is 32.6 Å². The highest BCUT2D eigenvalue weighted by Gasteiger charge is 2.15. The molecule has 0 heteroatoms. The van der Waals surface area contributed by atoms with Crippen molar-refractivity contribution in [2.75, 3.05) is 0 Å². The van der Waals surface area contributed by atoms with Gasteiger partial charge in [0.25, 0.3) is 0 Å². The van der Waals surface area contributed by atoms with Gasteiger partial charge in [-0.1, -0.05) is 26.3 Å². The van der Waals surface area contributed by atoms with Crippen molar-refractivity contribution in [3.8, 4) is 0 Å². The first-order chi connectivity index (χ1) is 4.83. The van der Waals surface area contributed by atoms with Crippen LogP contribution in [0.25, 0.3) is 0 Å². The van der Waals surface area contributed by atoms with E-state index in [2.05, 4.69) is 25.3 Å². The van der Waals surface area contributed by atoms with Gasteiger partial charge in [0.05, 0.1) is 0 Å². The second-order valence-electron chi connectivity index (χ2n) is 3.39. The zero-order valence-electron chi connectivity index (χ0n) is 6.77. The summed E-state index contributed by atoms with van der Waals surface area (Å²) in [6, 6.07) is 0. The standard InChI is InChI=1S/C10H16/c1-3-4-10-7-5-9(2)6-8-10/h4,9-10H,1,5-8H2,2H3. The Balaban J connectivity index is 2.32. The van der Waals surface area contributed by atoms with E-state index in [1.54, 1.807) is 0 Å². The van der Waals surface area contributed by atoms with Gasteiger partial charge < -0.3 is 0 Å². The monoisotopic (exact) mass is 136 g/mol. The van der Waals surface area contributed by atoms with Gasteiger partial charge in [0.1, 0.15) is 0 Å². The van der Waals surface area contributed by atoms with Gasteiger partial charge in [-0.15, -0.1) is 5.73 Å². The van der Waals surface area contributed by atoms with Crippen molar-refractivity contribution < 1.29 is 0 Å². The summed E-state index contributed by atoms with van der Waals surface area (Å²) >= 11 is 0. The summed E-state index contributed by atoms with van der Waals surface area (Å²) in [5.41, 5.74) is 2.88. The molecule has 0 unspecified atom stereocenters. The van der Waals surface area contributed by atoms with E-state index in [4.69, 9.17) is 0 Å². The van der Waals surface area contributed by atoms with Crippen LogP contribution >= 0.6 is 0 Å². The fraction of sp³-hybridized carbons (Fsp3) is 0.700. The van der Waals surface area contributed by atoms with Crippen molar-refractivity contribution in [1.29, 1.82) is 0 Å². The van der Waals surface area contributed by atoms with Crippen LogP contribution in [0.5, 0.6) is 0 Å². The molecule has 0 radical (unpaired) electrons. The van der Waals surface area contributed by atoms with Crippen molar-refractivity contribution in [2.45, 2.75) is 32.6 Å².